The van der Waals surface area contributed by atoms with Crippen molar-refractivity contribution in [3.05, 3.63) is 78.5 Å². The average molecular weight is 429 g/mol. The first-order valence-electron chi connectivity index (χ1n) is 9.81. The van der Waals surface area contributed by atoms with Crippen LogP contribution in [0, 0.1) is 0 Å². The number of nitrogens with two attached hydrogens (primary N) is 1. The summed E-state index contributed by atoms with van der Waals surface area (Å²) in [5, 5.41) is 9.72. The van der Waals surface area contributed by atoms with Gasteiger partial charge in [-0.2, -0.15) is 0 Å². The topological polar surface area (TPSA) is 108 Å². The molecule has 1 aromatic heterocycles. The van der Waals surface area contributed by atoms with E-state index in [0.29, 0.717) is 5.17 Å². The van der Waals surface area contributed by atoms with Gasteiger partial charge in [0.25, 0.3) is 0 Å². The number of hydrogen-bond acceptors (Lipinski definition) is 6. The maximum absolute atomic E-state index is 12.5. The molecular formula is C23H20N6OS. The molecule has 0 saturated carbocycles. The van der Waals surface area contributed by atoms with Gasteiger partial charge in [-0.15, -0.1) is 0 Å². The number of nitrogens with one attached hydrogen (secondary N) is 3. The summed E-state index contributed by atoms with van der Waals surface area (Å²) in [6, 6.07) is 21.9. The third-order valence-electron chi connectivity index (χ3n) is 5.01. The number of carbonyl (C=O) groups excluding carboxylic acids is 1. The highest BCUT2D eigenvalue weighted by Crippen LogP contribution is 2.29. The Morgan fingerprint density at radius 2 is 1.84 bits per heavy atom. The number of para-hydroxylation sites is 1. The number of hydrogen-bond donors (Lipinski definition) is 4. The van der Waals surface area contributed by atoms with E-state index >= 15 is 0 Å². The molecular weight excluding hydrogens is 408 g/mol. The number of amides is 1. The van der Waals surface area contributed by atoms with E-state index in [-0.39, 0.29) is 17.6 Å². The molecule has 3 aromatic carbocycles. The lowest BCUT2D eigenvalue weighted by molar-refractivity contribution is -0.113. The molecule has 2 heterocycles. The number of aromatic nitrogens is 1. The molecule has 1 aliphatic heterocycles. The lowest BCUT2D eigenvalue weighted by atomic mass is 10.1. The number of aromatic amines is 1. The van der Waals surface area contributed by atoms with Gasteiger partial charge in [-0.3, -0.25) is 4.79 Å². The molecule has 0 radical (unpaired) electrons. The number of amidine groups is 1. The number of anilines is 1. The van der Waals surface area contributed by atoms with Crippen LogP contribution < -0.4 is 16.4 Å². The molecule has 1 aliphatic rings. The van der Waals surface area contributed by atoms with Gasteiger partial charge in [0, 0.05) is 28.4 Å². The molecule has 0 bridgehead atoms. The first-order chi connectivity index (χ1) is 15.2. The number of benzene rings is 3. The quantitative estimate of drug-likeness (QED) is 0.394. The molecule has 4 aromatic rings. The number of guanidine groups is 1. The van der Waals surface area contributed by atoms with Crippen LogP contribution in [0.3, 0.4) is 0 Å². The summed E-state index contributed by atoms with van der Waals surface area (Å²) in [4.78, 5) is 24.8. The van der Waals surface area contributed by atoms with Crippen LogP contribution in [0.2, 0.25) is 0 Å². The number of carbonyl (C=O) groups is 1. The monoisotopic (exact) mass is 428 g/mol. The molecule has 0 saturated heterocycles. The summed E-state index contributed by atoms with van der Waals surface area (Å²) in [7, 11) is 0. The largest absolute Gasteiger partial charge is 0.370 e. The standard InChI is InChI=1S/C23H20N6OS/c24-22-27-21(18-12-25-19-8-4-3-7-17(18)19)28-23(29-22)31-13-20(30)26-16-10-9-14-5-1-2-6-15(14)11-16/h1-12,21,25H,13H2,(H,26,30)(H3,24,27,28,29)/t21-/m0/s1. The predicted octanol–water partition coefficient (Wildman–Crippen LogP) is 3.97. The molecule has 8 heteroatoms. The molecule has 31 heavy (non-hydrogen) atoms. The Morgan fingerprint density at radius 1 is 1.03 bits per heavy atom. The van der Waals surface area contributed by atoms with E-state index in [1.807, 2.05) is 72.9 Å². The number of H-pyrrole nitrogens is 1. The molecule has 0 unspecified atom stereocenters. The van der Waals surface area contributed by atoms with Crippen molar-refractivity contribution in [3.63, 3.8) is 0 Å². The SMILES string of the molecule is NC1=N[C@H](c2c[nH]c3ccccc23)N=C(SCC(=O)Nc2ccc3ccccc3c2)N1. The number of fused-ring (bicyclic) bond motifs is 2. The summed E-state index contributed by atoms with van der Waals surface area (Å²) in [6.07, 6.45) is 1.44. The first-order valence-corrected chi connectivity index (χ1v) is 10.8. The number of rotatable bonds is 4. The molecule has 0 fully saturated rings. The number of nitrogens with zero attached hydrogens (tertiary/aromatic N) is 2. The van der Waals surface area contributed by atoms with Crippen LogP contribution in [0.1, 0.15) is 11.7 Å². The van der Waals surface area contributed by atoms with E-state index in [1.165, 1.54) is 11.8 Å². The van der Waals surface area contributed by atoms with Gasteiger partial charge in [0.1, 0.15) is 0 Å². The Morgan fingerprint density at radius 3 is 2.74 bits per heavy atom. The molecule has 5 N–H and O–H groups in total. The van der Waals surface area contributed by atoms with Gasteiger partial charge in [-0.25, -0.2) is 9.98 Å². The molecule has 154 valence electrons. The van der Waals surface area contributed by atoms with Crippen molar-refractivity contribution >= 4 is 56.2 Å². The highest BCUT2D eigenvalue weighted by molar-refractivity contribution is 8.14. The second kappa shape index (κ2) is 8.16. The minimum absolute atomic E-state index is 0.116. The lowest BCUT2D eigenvalue weighted by Crippen LogP contribution is -2.39. The van der Waals surface area contributed by atoms with Crippen molar-refractivity contribution in [1.29, 1.82) is 0 Å². The van der Waals surface area contributed by atoms with Gasteiger partial charge >= 0.3 is 0 Å². The predicted molar refractivity (Wildman–Crippen MR) is 128 cm³/mol. The van der Waals surface area contributed by atoms with Gasteiger partial charge in [0.15, 0.2) is 17.3 Å². The summed E-state index contributed by atoms with van der Waals surface area (Å²) >= 11 is 1.29. The highest BCUT2D eigenvalue weighted by Gasteiger charge is 2.20. The van der Waals surface area contributed by atoms with Crippen molar-refractivity contribution in [3.8, 4) is 0 Å². The summed E-state index contributed by atoms with van der Waals surface area (Å²) in [5.74, 6) is 0.365. The summed E-state index contributed by atoms with van der Waals surface area (Å²) in [5.41, 5.74) is 8.71. The number of thioether (sulfide) groups is 1. The molecule has 1 atom stereocenters. The van der Waals surface area contributed by atoms with E-state index in [1.54, 1.807) is 0 Å². The minimum Gasteiger partial charge on any atom is -0.370 e. The summed E-state index contributed by atoms with van der Waals surface area (Å²) in [6.45, 7) is 0. The van der Waals surface area contributed by atoms with E-state index in [0.717, 1.165) is 32.9 Å². The smallest absolute Gasteiger partial charge is 0.234 e. The van der Waals surface area contributed by atoms with Gasteiger partial charge < -0.3 is 21.4 Å². The minimum atomic E-state index is -0.455. The molecule has 7 nitrogen and oxygen atoms in total. The maximum atomic E-state index is 12.5. The van der Waals surface area contributed by atoms with E-state index in [9.17, 15) is 4.79 Å². The Labute approximate surface area is 182 Å². The molecule has 0 aliphatic carbocycles. The van der Waals surface area contributed by atoms with Gasteiger partial charge in [0.05, 0.1) is 5.75 Å². The van der Waals surface area contributed by atoms with Gasteiger partial charge in [-0.05, 0) is 29.0 Å². The van der Waals surface area contributed by atoms with Crippen LogP contribution in [-0.4, -0.2) is 27.8 Å². The lowest BCUT2D eigenvalue weighted by Gasteiger charge is -2.18. The van der Waals surface area contributed by atoms with Crippen LogP contribution >= 0.6 is 11.8 Å². The maximum Gasteiger partial charge on any atom is 0.234 e. The number of aliphatic imine (C=N–C) groups is 2. The zero-order chi connectivity index (χ0) is 21.2. The Hall–Kier alpha value is -3.78. The first kappa shape index (κ1) is 19.2. The molecule has 0 spiro atoms. The Kier molecular flexibility index (Phi) is 5.05. The highest BCUT2D eigenvalue weighted by atomic mass is 32.2. The van der Waals surface area contributed by atoms with Crippen molar-refractivity contribution < 1.29 is 4.79 Å². The second-order valence-electron chi connectivity index (χ2n) is 7.14. The molecule has 1 amide bonds. The Balaban J connectivity index is 1.27. The van der Waals surface area contributed by atoms with E-state index in [2.05, 4.69) is 25.6 Å². The fourth-order valence-electron chi connectivity index (χ4n) is 3.56. The fraction of sp³-hybridized carbons (Fsp3) is 0.0870. The second-order valence-corrected chi connectivity index (χ2v) is 8.10. The normalized spacial score (nSPS) is 15.9. The zero-order valence-electron chi connectivity index (χ0n) is 16.5. The average Bonchev–Trinajstić information content (AvgIpc) is 3.22. The fourth-order valence-corrected chi connectivity index (χ4v) is 4.25. The van der Waals surface area contributed by atoms with E-state index in [4.69, 9.17) is 5.73 Å². The van der Waals surface area contributed by atoms with Crippen molar-refractivity contribution in [2.24, 2.45) is 15.7 Å². The van der Waals surface area contributed by atoms with Crippen molar-refractivity contribution in [2.45, 2.75) is 6.17 Å². The van der Waals surface area contributed by atoms with Crippen LogP contribution in [0.15, 0.2) is 82.9 Å². The third-order valence-corrected chi connectivity index (χ3v) is 5.90. The molecule has 5 rings (SSSR count). The van der Waals surface area contributed by atoms with E-state index < -0.39 is 6.17 Å². The Bertz CT molecular complexity index is 1340. The van der Waals surface area contributed by atoms with Crippen molar-refractivity contribution in [1.82, 2.24) is 10.3 Å². The zero-order valence-corrected chi connectivity index (χ0v) is 17.3. The van der Waals surface area contributed by atoms with Crippen LogP contribution in [0.25, 0.3) is 21.7 Å². The third kappa shape index (κ3) is 4.10. The van der Waals surface area contributed by atoms with Crippen LogP contribution in [0.5, 0.6) is 0 Å². The summed E-state index contributed by atoms with van der Waals surface area (Å²) < 4.78 is 0. The van der Waals surface area contributed by atoms with Gasteiger partial charge in [-0.1, -0.05) is 60.3 Å². The van der Waals surface area contributed by atoms with Crippen LogP contribution in [0.4, 0.5) is 5.69 Å². The van der Waals surface area contributed by atoms with Crippen molar-refractivity contribution in [2.75, 3.05) is 11.1 Å². The van der Waals surface area contributed by atoms with Crippen LogP contribution in [-0.2, 0) is 4.79 Å². The van der Waals surface area contributed by atoms with Gasteiger partial charge in [0.2, 0.25) is 5.91 Å².